The number of rotatable bonds is 34. The third-order valence-corrected chi connectivity index (χ3v) is 17.7. The molecule has 85 heavy (non-hydrogen) atoms. The maximum absolute atomic E-state index is 13.2. The van der Waals surface area contributed by atoms with Crippen molar-refractivity contribution >= 4 is 93.7 Å². The molecule has 4 aromatic rings. The number of ketones is 2. The largest absolute Gasteiger partial charge is 0.481 e. The van der Waals surface area contributed by atoms with Gasteiger partial charge in [0.1, 0.15) is 31.3 Å². The number of carboxylic acid groups (broad SMARTS) is 4. The smallest absolute Gasteiger partial charge is 0.407 e. The van der Waals surface area contributed by atoms with Crippen LogP contribution in [0.3, 0.4) is 0 Å². The van der Waals surface area contributed by atoms with Crippen molar-refractivity contribution in [3.63, 3.8) is 0 Å². The van der Waals surface area contributed by atoms with Gasteiger partial charge in [-0.05, 0) is 70.2 Å². The quantitative estimate of drug-likeness (QED) is 0.0119. The van der Waals surface area contributed by atoms with Crippen LogP contribution in [-0.4, -0.2) is 134 Å². The molecule has 20 nitrogen and oxygen atoms in total. The van der Waals surface area contributed by atoms with Crippen molar-refractivity contribution in [1.82, 2.24) is 21.3 Å². The van der Waals surface area contributed by atoms with Crippen molar-refractivity contribution in [3.05, 3.63) is 119 Å². The first-order valence-corrected chi connectivity index (χ1v) is 31.2. The third-order valence-electron chi connectivity index (χ3n) is 14.0. The molecule has 4 unspecified atom stereocenters. The molecule has 458 valence electrons. The summed E-state index contributed by atoms with van der Waals surface area (Å²) < 4.78 is 11.2. The minimum Gasteiger partial charge on any atom is -0.481 e. The van der Waals surface area contributed by atoms with Gasteiger partial charge in [-0.15, -0.1) is 0 Å². The normalized spacial score (nSPS) is 13.6. The Hall–Kier alpha value is -7.37. The van der Waals surface area contributed by atoms with Crippen LogP contribution in [0, 0.1) is 0 Å². The van der Waals surface area contributed by atoms with E-state index in [2.05, 4.69) is 78.9 Å². The van der Waals surface area contributed by atoms with Gasteiger partial charge in [0.25, 0.3) is 0 Å². The number of unbranched alkanes of at least 4 members (excludes halogenated alkanes) is 6. The van der Waals surface area contributed by atoms with E-state index in [4.69, 9.17) is 29.9 Å². The summed E-state index contributed by atoms with van der Waals surface area (Å²) >= 11 is 4.21. The van der Waals surface area contributed by atoms with E-state index in [0.717, 1.165) is 44.5 Å². The molecule has 0 spiro atoms. The van der Waals surface area contributed by atoms with E-state index in [1.165, 1.54) is 10.8 Å². The number of carbonyl (C=O) groups excluding carboxylic acids is 6. The van der Waals surface area contributed by atoms with Gasteiger partial charge in [-0.1, -0.05) is 165 Å². The molecular formula is C62H76N4O16S3. The average Bonchev–Trinajstić information content (AvgIpc) is 2.27. The Labute approximate surface area is 507 Å². The summed E-state index contributed by atoms with van der Waals surface area (Å²) in [5.74, 6) is -6.40. The summed E-state index contributed by atoms with van der Waals surface area (Å²) in [5.41, 5.74) is 8.92. The molecule has 4 atom stereocenters. The van der Waals surface area contributed by atoms with Gasteiger partial charge < -0.3 is 51.2 Å². The highest BCUT2D eigenvalue weighted by molar-refractivity contribution is 8.77. The van der Waals surface area contributed by atoms with Gasteiger partial charge in [-0.2, -0.15) is 12.6 Å². The van der Waals surface area contributed by atoms with E-state index in [9.17, 15) is 47.9 Å². The number of hydrogen-bond donors (Lipinski definition) is 9. The monoisotopic (exact) mass is 1230 g/mol. The van der Waals surface area contributed by atoms with Gasteiger partial charge in [-0.3, -0.25) is 28.8 Å². The molecule has 8 N–H and O–H groups in total. The molecule has 0 bridgehead atoms. The van der Waals surface area contributed by atoms with Crippen molar-refractivity contribution in [2.24, 2.45) is 0 Å². The van der Waals surface area contributed by atoms with Crippen LogP contribution in [0.2, 0.25) is 0 Å². The number of nitrogens with one attached hydrogen (secondary N) is 4. The zero-order valence-corrected chi connectivity index (χ0v) is 50.4. The van der Waals surface area contributed by atoms with Crippen LogP contribution in [0.1, 0.15) is 145 Å². The number of fused-ring (bicyclic) bond motifs is 6. The first-order chi connectivity index (χ1) is 40.6. The Morgan fingerprint density at radius 2 is 0.800 bits per heavy atom. The van der Waals surface area contributed by atoms with Crippen molar-refractivity contribution < 1.29 is 77.8 Å². The highest BCUT2D eigenvalue weighted by atomic mass is 33.1. The Kier molecular flexibility index (Phi) is 27.8. The van der Waals surface area contributed by atoms with Crippen LogP contribution >= 0.6 is 34.2 Å². The number of carboxylic acids is 4. The zero-order valence-electron chi connectivity index (χ0n) is 47.9. The van der Waals surface area contributed by atoms with Crippen LogP contribution in [0.4, 0.5) is 9.59 Å². The molecule has 0 radical (unpaired) electrons. The van der Waals surface area contributed by atoms with E-state index in [-0.39, 0.29) is 72.8 Å². The van der Waals surface area contributed by atoms with Crippen molar-refractivity contribution in [1.29, 1.82) is 0 Å². The number of thiol groups is 1. The lowest BCUT2D eigenvalue weighted by Gasteiger charge is -2.21. The summed E-state index contributed by atoms with van der Waals surface area (Å²) in [6, 6.07) is 27.8. The molecule has 2 aliphatic carbocycles. The fourth-order valence-corrected chi connectivity index (χ4v) is 12.6. The van der Waals surface area contributed by atoms with E-state index < -0.39 is 84.9 Å². The van der Waals surface area contributed by atoms with E-state index >= 15 is 0 Å². The number of aliphatic carboxylic acids is 4. The first kappa shape index (κ1) is 68.4. The van der Waals surface area contributed by atoms with Gasteiger partial charge in [0.05, 0.1) is 18.9 Å². The highest BCUT2D eigenvalue weighted by Crippen LogP contribution is 2.46. The Morgan fingerprint density at radius 3 is 1.13 bits per heavy atom. The first-order valence-electron chi connectivity index (χ1n) is 28.2. The van der Waals surface area contributed by atoms with E-state index in [1.807, 2.05) is 72.8 Å². The maximum Gasteiger partial charge on any atom is 0.407 e. The fraction of sp³-hybridized carbons (Fsp3) is 0.452. The maximum atomic E-state index is 13.2. The summed E-state index contributed by atoms with van der Waals surface area (Å²) in [6.45, 7) is 6.53. The molecular weight excluding hydrogens is 1150 g/mol. The minimum absolute atomic E-state index is 0.0214. The van der Waals surface area contributed by atoms with Crippen LogP contribution < -0.4 is 21.3 Å². The summed E-state index contributed by atoms with van der Waals surface area (Å²) in [7, 11) is 3.16. The second kappa shape index (κ2) is 34.6. The molecule has 0 fully saturated rings. The molecule has 0 aromatic heterocycles. The average molecular weight is 1230 g/mol. The predicted molar refractivity (Wildman–Crippen MR) is 327 cm³/mol. The highest BCUT2D eigenvalue weighted by Gasteiger charge is 2.32. The van der Waals surface area contributed by atoms with Gasteiger partial charge in [0.15, 0.2) is 11.6 Å². The van der Waals surface area contributed by atoms with Crippen LogP contribution in [-0.2, 0) is 47.8 Å². The van der Waals surface area contributed by atoms with Crippen LogP contribution in [0.15, 0.2) is 97.1 Å². The summed E-state index contributed by atoms with van der Waals surface area (Å²) in [4.78, 5) is 119. The standard InChI is InChI=1S/C33H42N2O8S2.C29H34N2O8S/c1-33(2,3)45-44-20-27(28(36)16-6-4-5-7-17-29(37)34-26(31(40)41)18-30(38)39)35-32(42)43-19-25-23-14-10-8-12-21(23)22-13-9-11-15-24(22)25;32-25(13-3-1-2-4-14-26(33)30-23(28(36)37)15-27(34)35)24(17-40)31-29(38)39-16-22-20-11-7-5-9-18(20)19-10-6-8-12-21(19)22/h8-15,25-27H,4-7,16-20H2,1-3H3,(H,34,37)(H,35,42)(H,38,39)(H,40,41);5-12,22-24,40H,1-4,13-17H2,(H,30,33)(H,31,38)(H,34,35)(H,36,37). The van der Waals surface area contributed by atoms with Crippen LogP contribution in [0.25, 0.3) is 22.3 Å². The Balaban J connectivity index is 0.000000313. The van der Waals surface area contributed by atoms with E-state index in [0.29, 0.717) is 57.1 Å². The molecule has 2 aliphatic rings. The molecule has 4 aromatic carbocycles. The molecule has 4 amide bonds. The van der Waals surface area contributed by atoms with Crippen molar-refractivity contribution in [2.45, 2.75) is 151 Å². The van der Waals surface area contributed by atoms with Gasteiger partial charge >= 0.3 is 36.1 Å². The van der Waals surface area contributed by atoms with Gasteiger partial charge in [0, 0.05) is 53.8 Å². The Bertz CT molecular complexity index is 2900. The fourth-order valence-electron chi connectivity index (χ4n) is 9.79. The zero-order chi connectivity index (χ0) is 62.1. The summed E-state index contributed by atoms with van der Waals surface area (Å²) in [6.07, 6.45) is 2.52. The van der Waals surface area contributed by atoms with Crippen molar-refractivity contribution in [2.75, 3.05) is 24.7 Å². The lowest BCUT2D eigenvalue weighted by molar-refractivity contribution is -0.147. The second-order valence-corrected chi connectivity index (χ2v) is 25.1. The minimum atomic E-state index is -1.47. The third kappa shape index (κ3) is 22.5. The Morgan fingerprint density at radius 1 is 0.471 bits per heavy atom. The molecule has 6 rings (SSSR count). The van der Waals surface area contributed by atoms with Gasteiger partial charge in [0.2, 0.25) is 11.8 Å². The SMILES string of the molecule is CC(C)(C)SSCC(NC(=O)OCC1c2ccccc2-c2ccccc21)C(=O)CCCCCCC(=O)NC(CC(=O)O)C(=O)O.O=C(O)CC(NC(=O)CCCCCCC(=O)C(CS)NC(=O)OCC1c2ccccc2-c2ccccc21)C(=O)O. The van der Waals surface area contributed by atoms with Crippen molar-refractivity contribution in [3.8, 4) is 22.3 Å². The number of Topliss-reactive ketones (excluding diaryl/α,β-unsaturated/α-hetero) is 2. The molecule has 0 aliphatic heterocycles. The number of benzene rings is 4. The van der Waals surface area contributed by atoms with Gasteiger partial charge in [-0.25, -0.2) is 19.2 Å². The lowest BCUT2D eigenvalue weighted by atomic mass is 9.98. The lowest BCUT2D eigenvalue weighted by Crippen LogP contribution is -2.43. The molecule has 23 heteroatoms. The molecule has 0 heterocycles. The molecule has 0 saturated carbocycles. The van der Waals surface area contributed by atoms with E-state index in [1.54, 1.807) is 10.8 Å². The number of alkyl carbamates (subject to hydrolysis) is 2. The number of amides is 4. The number of ether oxygens (including phenoxy) is 2. The number of carbonyl (C=O) groups is 10. The molecule has 0 saturated heterocycles. The summed E-state index contributed by atoms with van der Waals surface area (Å²) in [5, 5.41) is 45.4. The topological polar surface area (TPSA) is 318 Å². The van der Waals surface area contributed by atoms with Crippen LogP contribution in [0.5, 0.6) is 0 Å². The second-order valence-electron chi connectivity index (χ2n) is 21.6. The number of hydrogen-bond acceptors (Lipinski definition) is 15. The predicted octanol–water partition coefficient (Wildman–Crippen LogP) is 9.80.